The number of benzene rings is 1. The summed E-state index contributed by atoms with van der Waals surface area (Å²) in [6.07, 6.45) is 0. The van der Waals surface area contributed by atoms with Crippen molar-refractivity contribution in [1.29, 1.82) is 0 Å². The first-order valence-corrected chi connectivity index (χ1v) is 5.34. The fourth-order valence-corrected chi connectivity index (χ4v) is 1.41. The molecule has 1 aromatic rings. The van der Waals surface area contributed by atoms with Crippen LogP contribution in [0.1, 0.15) is 10.4 Å². The molecule has 0 aliphatic carbocycles. The van der Waals surface area contributed by atoms with Gasteiger partial charge in [0.1, 0.15) is 11.6 Å². The van der Waals surface area contributed by atoms with Crippen molar-refractivity contribution >= 4 is 17.5 Å². The quantitative estimate of drug-likeness (QED) is 0.825. The van der Waals surface area contributed by atoms with Crippen LogP contribution >= 0.6 is 11.6 Å². The van der Waals surface area contributed by atoms with Crippen LogP contribution in [0.4, 0.5) is 8.78 Å². The van der Waals surface area contributed by atoms with Crippen LogP contribution in [0.5, 0.6) is 0 Å². The van der Waals surface area contributed by atoms with Gasteiger partial charge in [0.05, 0.1) is 17.5 Å². The molecule has 0 saturated carbocycles. The molecule has 6 heteroatoms. The predicted octanol–water partition coefficient (Wildman–Crippen LogP) is 1.95. The van der Waals surface area contributed by atoms with Gasteiger partial charge >= 0.3 is 0 Å². The van der Waals surface area contributed by atoms with E-state index in [2.05, 4.69) is 5.32 Å². The SMILES string of the molecule is COCC(Cl)CNC(=O)c1cc(F)ccc1F. The summed E-state index contributed by atoms with van der Waals surface area (Å²) in [5.41, 5.74) is -0.341. The van der Waals surface area contributed by atoms with Gasteiger partial charge in [0.15, 0.2) is 0 Å². The highest BCUT2D eigenvalue weighted by Crippen LogP contribution is 2.09. The average molecular weight is 264 g/mol. The number of hydrogen-bond acceptors (Lipinski definition) is 2. The molecule has 0 bridgehead atoms. The van der Waals surface area contributed by atoms with Crippen LogP contribution in [0.15, 0.2) is 18.2 Å². The van der Waals surface area contributed by atoms with Crippen molar-refractivity contribution < 1.29 is 18.3 Å². The third-order valence-electron chi connectivity index (χ3n) is 2.00. The molecule has 1 N–H and O–H groups in total. The molecule has 0 aliphatic rings. The number of methoxy groups -OCH3 is 1. The molecule has 1 rings (SSSR count). The second-order valence-electron chi connectivity index (χ2n) is 3.39. The van der Waals surface area contributed by atoms with E-state index >= 15 is 0 Å². The number of carbonyl (C=O) groups is 1. The molecule has 3 nitrogen and oxygen atoms in total. The summed E-state index contributed by atoms with van der Waals surface area (Å²) in [7, 11) is 1.48. The van der Waals surface area contributed by atoms with Crippen molar-refractivity contribution in [2.24, 2.45) is 0 Å². The van der Waals surface area contributed by atoms with Crippen molar-refractivity contribution in [2.45, 2.75) is 5.38 Å². The Balaban J connectivity index is 2.61. The lowest BCUT2D eigenvalue weighted by Gasteiger charge is -2.10. The van der Waals surface area contributed by atoms with Gasteiger partial charge in [-0.1, -0.05) is 0 Å². The van der Waals surface area contributed by atoms with Crippen LogP contribution < -0.4 is 5.32 Å². The smallest absolute Gasteiger partial charge is 0.254 e. The number of amides is 1. The Bertz CT molecular complexity index is 401. The number of rotatable bonds is 5. The third-order valence-corrected chi connectivity index (χ3v) is 2.28. The van der Waals surface area contributed by atoms with Gasteiger partial charge in [0, 0.05) is 13.7 Å². The van der Waals surface area contributed by atoms with Gasteiger partial charge in [-0.25, -0.2) is 8.78 Å². The Morgan fingerprint density at radius 2 is 2.24 bits per heavy atom. The van der Waals surface area contributed by atoms with Crippen LogP contribution in [0, 0.1) is 11.6 Å². The summed E-state index contributed by atoms with van der Waals surface area (Å²) in [5, 5.41) is 1.98. The molecule has 0 heterocycles. The van der Waals surface area contributed by atoms with Crippen molar-refractivity contribution in [2.75, 3.05) is 20.3 Å². The summed E-state index contributed by atoms with van der Waals surface area (Å²) < 4.78 is 30.8. The van der Waals surface area contributed by atoms with Crippen LogP contribution in [0.3, 0.4) is 0 Å². The second-order valence-corrected chi connectivity index (χ2v) is 4.00. The molecule has 94 valence electrons. The summed E-state index contributed by atoms with van der Waals surface area (Å²) in [6, 6.07) is 2.68. The molecule has 1 atom stereocenters. The van der Waals surface area contributed by atoms with Crippen LogP contribution in [-0.4, -0.2) is 31.5 Å². The van der Waals surface area contributed by atoms with E-state index in [9.17, 15) is 13.6 Å². The third kappa shape index (κ3) is 4.28. The van der Waals surface area contributed by atoms with Gasteiger partial charge in [-0.2, -0.15) is 0 Å². The van der Waals surface area contributed by atoms with E-state index < -0.39 is 22.9 Å². The number of nitrogens with one attached hydrogen (secondary N) is 1. The largest absolute Gasteiger partial charge is 0.383 e. The minimum atomic E-state index is -0.776. The van der Waals surface area contributed by atoms with E-state index in [0.717, 1.165) is 18.2 Å². The Kier molecular flexibility index (Phi) is 5.31. The van der Waals surface area contributed by atoms with Gasteiger partial charge in [0.25, 0.3) is 5.91 Å². The second kappa shape index (κ2) is 6.51. The predicted molar refractivity (Wildman–Crippen MR) is 60.2 cm³/mol. The van der Waals surface area contributed by atoms with E-state index in [4.69, 9.17) is 16.3 Å². The van der Waals surface area contributed by atoms with Gasteiger partial charge < -0.3 is 10.1 Å². The molecule has 0 aromatic heterocycles. The monoisotopic (exact) mass is 263 g/mol. The van der Waals surface area contributed by atoms with Gasteiger partial charge in [-0.3, -0.25) is 4.79 Å². The van der Waals surface area contributed by atoms with E-state index in [-0.39, 0.29) is 18.7 Å². The first-order chi connectivity index (χ1) is 8.04. The first-order valence-electron chi connectivity index (χ1n) is 4.91. The molecule has 0 spiro atoms. The summed E-state index contributed by atoms with van der Waals surface area (Å²) >= 11 is 5.78. The highest BCUT2D eigenvalue weighted by atomic mass is 35.5. The highest BCUT2D eigenvalue weighted by Gasteiger charge is 2.14. The fourth-order valence-electron chi connectivity index (χ4n) is 1.21. The Morgan fingerprint density at radius 3 is 2.88 bits per heavy atom. The zero-order valence-corrected chi connectivity index (χ0v) is 9.93. The van der Waals surface area contributed by atoms with Gasteiger partial charge in [0.2, 0.25) is 0 Å². The van der Waals surface area contributed by atoms with E-state index in [1.807, 2.05) is 0 Å². The van der Waals surface area contributed by atoms with Gasteiger partial charge in [-0.15, -0.1) is 11.6 Å². The maximum atomic E-state index is 13.2. The lowest BCUT2D eigenvalue weighted by Crippen LogP contribution is -2.32. The van der Waals surface area contributed by atoms with Crippen LogP contribution in [-0.2, 0) is 4.74 Å². The maximum absolute atomic E-state index is 13.2. The summed E-state index contributed by atoms with van der Waals surface area (Å²) in [4.78, 5) is 11.5. The number of hydrogen-bond donors (Lipinski definition) is 1. The van der Waals surface area contributed by atoms with Crippen molar-refractivity contribution in [3.63, 3.8) is 0 Å². The Morgan fingerprint density at radius 1 is 1.53 bits per heavy atom. The number of ether oxygens (including phenoxy) is 1. The molecular formula is C11H12ClF2NO2. The van der Waals surface area contributed by atoms with E-state index in [1.54, 1.807) is 0 Å². The normalized spacial score (nSPS) is 12.2. The van der Waals surface area contributed by atoms with Crippen molar-refractivity contribution in [3.8, 4) is 0 Å². The standard InChI is InChI=1S/C11H12ClF2NO2/c1-17-6-7(12)5-15-11(16)9-4-8(13)2-3-10(9)14/h2-4,7H,5-6H2,1H3,(H,15,16). The molecule has 1 unspecified atom stereocenters. The molecule has 0 fully saturated rings. The highest BCUT2D eigenvalue weighted by molar-refractivity contribution is 6.21. The van der Waals surface area contributed by atoms with Crippen molar-refractivity contribution in [1.82, 2.24) is 5.32 Å². The number of halogens is 3. The maximum Gasteiger partial charge on any atom is 0.254 e. The molecule has 1 aromatic carbocycles. The lowest BCUT2D eigenvalue weighted by atomic mass is 10.2. The van der Waals surface area contributed by atoms with Crippen molar-refractivity contribution in [3.05, 3.63) is 35.4 Å². The lowest BCUT2D eigenvalue weighted by molar-refractivity contribution is 0.0944. The molecule has 0 saturated heterocycles. The topological polar surface area (TPSA) is 38.3 Å². The zero-order chi connectivity index (χ0) is 12.8. The molecular weight excluding hydrogens is 252 g/mol. The Hall–Kier alpha value is -1.20. The molecule has 1 amide bonds. The van der Waals surface area contributed by atoms with E-state index in [1.165, 1.54) is 7.11 Å². The minimum absolute atomic E-state index is 0.115. The number of carbonyl (C=O) groups excluding carboxylic acids is 1. The van der Waals surface area contributed by atoms with Crippen LogP contribution in [0.2, 0.25) is 0 Å². The molecule has 0 radical (unpaired) electrons. The Labute approximate surface area is 103 Å². The first kappa shape index (κ1) is 13.9. The number of alkyl halides is 1. The van der Waals surface area contributed by atoms with Crippen LogP contribution in [0.25, 0.3) is 0 Å². The van der Waals surface area contributed by atoms with E-state index in [0.29, 0.717) is 0 Å². The fraction of sp³-hybridized carbons (Fsp3) is 0.364. The average Bonchev–Trinajstić information content (AvgIpc) is 2.29. The van der Waals surface area contributed by atoms with Gasteiger partial charge in [-0.05, 0) is 18.2 Å². The molecule has 17 heavy (non-hydrogen) atoms. The summed E-state index contributed by atoms with van der Waals surface area (Å²) in [6.45, 7) is 0.373. The summed E-state index contributed by atoms with van der Waals surface area (Å²) in [5.74, 6) is -2.15. The molecule has 0 aliphatic heterocycles. The zero-order valence-electron chi connectivity index (χ0n) is 9.17. The minimum Gasteiger partial charge on any atom is -0.383 e.